The van der Waals surface area contributed by atoms with Gasteiger partial charge >= 0.3 is 15.6 Å². The number of alkyl halides is 3. The number of halogens is 3. The van der Waals surface area contributed by atoms with E-state index in [2.05, 4.69) is 37.5 Å². The zero-order chi connectivity index (χ0) is 20.6. The monoisotopic (exact) mass is 436 g/mol. The largest absolute Gasteiger partial charge is 0.547 e. The second-order valence-electron chi connectivity index (χ2n) is 8.56. The topological polar surface area (TPSA) is 52.6 Å². The van der Waals surface area contributed by atoms with Crippen LogP contribution >= 0.6 is 10.3 Å². The van der Waals surface area contributed by atoms with Crippen molar-refractivity contribution in [2.45, 2.75) is 75.3 Å². The maximum absolute atomic E-state index is 12.7. The summed E-state index contributed by atoms with van der Waals surface area (Å²) in [6, 6.07) is 0. The maximum Gasteiger partial charge on any atom is 0.523 e. The van der Waals surface area contributed by atoms with Gasteiger partial charge in [-0.25, -0.2) is 3.63 Å². The summed E-state index contributed by atoms with van der Waals surface area (Å²) in [5.74, 6) is 0.757. The van der Waals surface area contributed by atoms with Crippen LogP contribution < -0.4 is 0 Å². The highest BCUT2D eigenvalue weighted by molar-refractivity contribution is 8.32. The van der Waals surface area contributed by atoms with Gasteiger partial charge < -0.3 is 4.43 Å². The average Bonchev–Trinajstić information content (AvgIpc) is 2.60. The number of allylic oxidation sites excluding steroid dienone is 1. The summed E-state index contributed by atoms with van der Waals surface area (Å²) in [6.45, 7) is 10.6. The van der Waals surface area contributed by atoms with Crippen molar-refractivity contribution in [3.05, 3.63) is 11.8 Å². The Labute approximate surface area is 158 Å². The van der Waals surface area contributed by atoms with Crippen molar-refractivity contribution in [1.82, 2.24) is 0 Å². The molecule has 0 aromatic carbocycles. The van der Waals surface area contributed by atoms with Crippen molar-refractivity contribution in [3.8, 4) is 0 Å². The second kappa shape index (κ2) is 7.67. The number of hydrogen-bond acceptors (Lipinski definition) is 4. The van der Waals surface area contributed by atoms with Gasteiger partial charge in [-0.2, -0.15) is 21.6 Å². The summed E-state index contributed by atoms with van der Waals surface area (Å²) < 4.78 is 72.1. The summed E-state index contributed by atoms with van der Waals surface area (Å²) >= 11 is 0. The molecular weight excluding hydrogens is 405 g/mol. The molecule has 1 unspecified atom stereocenters. The van der Waals surface area contributed by atoms with Gasteiger partial charge in [0.2, 0.25) is 8.32 Å². The molecule has 1 atom stereocenters. The molecule has 0 fully saturated rings. The molecule has 0 saturated heterocycles. The van der Waals surface area contributed by atoms with E-state index in [4.69, 9.17) is 4.43 Å². The first kappa shape index (κ1) is 23.8. The molecule has 0 heterocycles. The van der Waals surface area contributed by atoms with Gasteiger partial charge in [0, 0.05) is 11.7 Å². The molecule has 26 heavy (non-hydrogen) atoms. The minimum Gasteiger partial charge on any atom is -0.547 e. The van der Waals surface area contributed by atoms with E-state index in [0.29, 0.717) is 12.8 Å². The van der Waals surface area contributed by atoms with Gasteiger partial charge in [-0.15, -0.1) is 10.3 Å². The Kier molecular flexibility index (Phi) is 7.04. The first-order valence-corrected chi connectivity index (χ1v) is 15.3. The third-order valence-corrected chi connectivity index (χ3v) is 13.9. The fourth-order valence-electron chi connectivity index (χ4n) is 2.35. The summed E-state index contributed by atoms with van der Waals surface area (Å²) in [5.41, 5.74) is -5.41. The smallest absolute Gasteiger partial charge is 0.523 e. The predicted octanol–water partition coefficient (Wildman–Crippen LogP) is 5.68. The van der Waals surface area contributed by atoms with Crippen LogP contribution in [0, 0.1) is 0 Å². The third kappa shape index (κ3) is 5.90. The molecule has 4 nitrogen and oxygen atoms in total. The summed E-state index contributed by atoms with van der Waals surface area (Å²) in [7, 11) is -10.2. The fourth-order valence-corrected chi connectivity index (χ4v) is 7.26. The first-order chi connectivity index (χ1) is 11.4. The first-order valence-electron chi connectivity index (χ1n) is 8.53. The van der Waals surface area contributed by atoms with Gasteiger partial charge in [-0.3, -0.25) is 0 Å². The summed E-state index contributed by atoms with van der Waals surface area (Å²) in [5, 5.41) is -0.407. The Bertz CT molecular complexity index is 635. The molecule has 1 aliphatic rings. The van der Waals surface area contributed by atoms with Gasteiger partial charge in [-0.05, 0) is 49.6 Å². The molecule has 10 heteroatoms. The molecule has 0 aliphatic heterocycles. The standard InChI is InChI=1S/C16H31F3O4S2Si/c1-15(2,3)26(6,7)22-13-10-8-9-11-14(12-13)24(4,5)23-25(20,21)16(17,18)19/h12,14H,8-11H2,1-7H3. The van der Waals surface area contributed by atoms with Crippen molar-refractivity contribution in [1.29, 1.82) is 0 Å². The maximum atomic E-state index is 12.7. The van der Waals surface area contributed by atoms with Crippen molar-refractivity contribution >= 4 is 28.7 Å². The van der Waals surface area contributed by atoms with Gasteiger partial charge in [0.25, 0.3) is 0 Å². The van der Waals surface area contributed by atoms with Crippen molar-refractivity contribution in [2.24, 2.45) is 0 Å². The highest BCUT2D eigenvalue weighted by Gasteiger charge is 2.50. The van der Waals surface area contributed by atoms with Crippen LogP contribution in [0.5, 0.6) is 0 Å². The highest BCUT2D eigenvalue weighted by Crippen LogP contribution is 2.54. The molecule has 0 N–H and O–H groups in total. The lowest BCUT2D eigenvalue weighted by Gasteiger charge is -2.39. The molecule has 0 bridgehead atoms. The summed E-state index contributed by atoms with van der Waals surface area (Å²) in [6.07, 6.45) is 7.69. The Balaban J connectivity index is 3.10. The van der Waals surface area contributed by atoms with Gasteiger partial charge in [-0.1, -0.05) is 27.2 Å². The van der Waals surface area contributed by atoms with Crippen LogP contribution in [-0.4, -0.2) is 40.0 Å². The van der Waals surface area contributed by atoms with Crippen molar-refractivity contribution in [2.75, 3.05) is 12.5 Å². The van der Waals surface area contributed by atoms with Crippen LogP contribution in [0.1, 0.15) is 46.5 Å². The molecular formula is C16H31F3O4S2Si. The lowest BCUT2D eigenvalue weighted by Crippen LogP contribution is -2.40. The summed E-state index contributed by atoms with van der Waals surface area (Å²) in [4.78, 5) is 0. The third-order valence-electron chi connectivity index (χ3n) is 5.00. The Morgan fingerprint density at radius 3 is 2.12 bits per heavy atom. The number of rotatable bonds is 5. The Morgan fingerprint density at radius 2 is 1.65 bits per heavy atom. The van der Waals surface area contributed by atoms with E-state index in [0.717, 1.165) is 18.6 Å². The quantitative estimate of drug-likeness (QED) is 0.411. The molecule has 156 valence electrons. The Hall–Kier alpha value is -0.193. The molecule has 0 aromatic heterocycles. The Morgan fingerprint density at radius 1 is 1.12 bits per heavy atom. The minimum atomic E-state index is -5.62. The molecule has 0 spiro atoms. The minimum absolute atomic E-state index is 0.00581. The van der Waals surface area contributed by atoms with Crippen LogP contribution in [0.2, 0.25) is 18.1 Å². The van der Waals surface area contributed by atoms with Crippen molar-refractivity contribution < 1.29 is 29.6 Å². The van der Waals surface area contributed by atoms with Crippen LogP contribution in [0.3, 0.4) is 0 Å². The lowest BCUT2D eigenvalue weighted by molar-refractivity contribution is -0.0496. The molecule has 1 rings (SSSR count). The van der Waals surface area contributed by atoms with E-state index >= 15 is 0 Å². The molecule has 0 radical (unpaired) electrons. The number of hydrogen-bond donors (Lipinski definition) is 0. The van der Waals surface area contributed by atoms with E-state index < -0.39 is 39.5 Å². The van der Waals surface area contributed by atoms with E-state index in [-0.39, 0.29) is 5.04 Å². The van der Waals surface area contributed by atoms with Gasteiger partial charge in [0.15, 0.2) is 0 Å². The molecule has 0 aromatic rings. The zero-order valence-electron chi connectivity index (χ0n) is 16.6. The predicted molar refractivity (Wildman–Crippen MR) is 104 cm³/mol. The highest BCUT2D eigenvalue weighted by atomic mass is 32.3. The van der Waals surface area contributed by atoms with Crippen LogP contribution in [-0.2, 0) is 18.2 Å². The average molecular weight is 437 g/mol. The van der Waals surface area contributed by atoms with Crippen molar-refractivity contribution in [3.63, 3.8) is 0 Å². The normalized spacial score (nSPS) is 21.8. The SMILES string of the molecule is CC(C)(C)[Si](C)(C)OC1=CC(S(C)(C)OS(=O)(=O)C(F)(F)F)CCCC1. The van der Waals surface area contributed by atoms with E-state index in [9.17, 15) is 21.6 Å². The van der Waals surface area contributed by atoms with Gasteiger partial charge in [0.05, 0.1) is 5.76 Å². The van der Waals surface area contributed by atoms with Crippen LogP contribution in [0.25, 0.3) is 0 Å². The van der Waals surface area contributed by atoms with Gasteiger partial charge in [0.1, 0.15) is 0 Å². The second-order valence-corrected chi connectivity index (χ2v) is 18.4. The van der Waals surface area contributed by atoms with Crippen LogP contribution in [0.15, 0.2) is 11.8 Å². The lowest BCUT2D eigenvalue weighted by atomic mass is 10.2. The zero-order valence-corrected chi connectivity index (χ0v) is 19.2. The fraction of sp³-hybridized carbons (Fsp3) is 0.875. The van der Waals surface area contributed by atoms with Crippen LogP contribution in [0.4, 0.5) is 13.2 Å². The van der Waals surface area contributed by atoms with E-state index in [1.165, 1.54) is 12.5 Å². The molecule has 1 aliphatic carbocycles. The molecule has 0 saturated carbocycles. The van der Waals surface area contributed by atoms with E-state index in [1.807, 2.05) is 6.08 Å². The molecule has 0 amide bonds. The van der Waals surface area contributed by atoms with E-state index in [1.54, 1.807) is 0 Å².